The van der Waals surface area contributed by atoms with E-state index in [0.29, 0.717) is 19.0 Å². The Morgan fingerprint density at radius 2 is 2.11 bits per heavy atom. The second-order valence-corrected chi connectivity index (χ2v) is 5.38. The minimum atomic E-state index is 0.605. The van der Waals surface area contributed by atoms with Gasteiger partial charge >= 0.3 is 0 Å². The van der Waals surface area contributed by atoms with Gasteiger partial charge < -0.3 is 9.73 Å². The zero-order chi connectivity index (χ0) is 13.1. The Bertz CT molecular complexity index is 534. The van der Waals surface area contributed by atoms with Crippen LogP contribution in [-0.4, -0.2) is 4.98 Å². The van der Waals surface area contributed by atoms with Gasteiger partial charge in [0.1, 0.15) is 5.76 Å². The first-order valence-corrected chi connectivity index (χ1v) is 6.81. The summed E-state index contributed by atoms with van der Waals surface area (Å²) in [6, 6.07) is 5.74. The summed E-state index contributed by atoms with van der Waals surface area (Å²) in [5, 5.41) is 4.02. The molecule has 0 aliphatic carbocycles. The molecule has 0 saturated carbocycles. The second kappa shape index (κ2) is 5.87. The summed E-state index contributed by atoms with van der Waals surface area (Å²) in [7, 11) is 0. The zero-order valence-electron chi connectivity index (χ0n) is 10.3. The first-order valence-electron chi connectivity index (χ1n) is 5.64. The van der Waals surface area contributed by atoms with Crippen molar-refractivity contribution in [2.75, 3.05) is 0 Å². The van der Waals surface area contributed by atoms with Crippen LogP contribution < -0.4 is 5.32 Å². The summed E-state index contributed by atoms with van der Waals surface area (Å²) in [5.41, 5.74) is 2.05. The Labute approximate surface area is 120 Å². The highest BCUT2D eigenvalue weighted by atomic mass is 79.9. The fraction of sp³-hybridized carbons (Fsp3) is 0.308. The first kappa shape index (κ1) is 13.6. The molecule has 0 bridgehead atoms. The highest BCUT2D eigenvalue weighted by Crippen LogP contribution is 2.21. The van der Waals surface area contributed by atoms with E-state index in [2.05, 4.69) is 26.2 Å². The molecule has 0 spiro atoms. The number of nitrogens with one attached hydrogen (secondary N) is 1. The smallest absolute Gasteiger partial charge is 0.208 e. The van der Waals surface area contributed by atoms with Crippen molar-refractivity contribution in [3.63, 3.8) is 0 Å². The monoisotopic (exact) mass is 328 g/mol. The van der Waals surface area contributed by atoms with Crippen LogP contribution in [0.5, 0.6) is 0 Å². The summed E-state index contributed by atoms with van der Waals surface area (Å²) in [6.07, 6.45) is 0. The van der Waals surface area contributed by atoms with Crippen molar-refractivity contribution in [3.05, 3.63) is 50.6 Å². The normalized spacial score (nSPS) is 10.9. The van der Waals surface area contributed by atoms with Crippen molar-refractivity contribution in [3.8, 4) is 0 Å². The van der Waals surface area contributed by atoms with Crippen LogP contribution in [0.3, 0.4) is 0 Å². The third-order valence-corrected chi connectivity index (χ3v) is 3.68. The van der Waals surface area contributed by atoms with E-state index in [-0.39, 0.29) is 0 Å². The average Bonchev–Trinajstić information content (AvgIpc) is 2.63. The van der Waals surface area contributed by atoms with Gasteiger partial charge in [-0.15, -0.1) is 0 Å². The number of aryl methyl sites for hydroxylation is 2. The summed E-state index contributed by atoms with van der Waals surface area (Å²) in [5.74, 6) is 1.58. The molecule has 1 heterocycles. The number of rotatable bonds is 4. The van der Waals surface area contributed by atoms with E-state index < -0.39 is 0 Å². The number of hydrogen-bond donors (Lipinski definition) is 1. The van der Waals surface area contributed by atoms with Crippen molar-refractivity contribution in [2.45, 2.75) is 26.9 Å². The Balaban J connectivity index is 1.94. The standard InChI is InChI=1S/C13H14BrClN2O/c1-8-9(2)18-13(17-8)7-16-6-10-5-11(15)3-4-12(10)14/h3-5,16H,6-7H2,1-2H3. The van der Waals surface area contributed by atoms with Gasteiger partial charge in [0.25, 0.3) is 0 Å². The van der Waals surface area contributed by atoms with Gasteiger partial charge in [0.05, 0.1) is 12.2 Å². The molecular formula is C13H14BrClN2O. The molecule has 0 aliphatic heterocycles. The van der Waals surface area contributed by atoms with Crippen LogP contribution in [0.1, 0.15) is 22.9 Å². The van der Waals surface area contributed by atoms with Gasteiger partial charge in [0.15, 0.2) is 0 Å². The minimum absolute atomic E-state index is 0.605. The van der Waals surface area contributed by atoms with E-state index in [1.165, 1.54) is 0 Å². The quantitative estimate of drug-likeness (QED) is 0.921. The summed E-state index contributed by atoms with van der Waals surface area (Å²) >= 11 is 9.45. The number of oxazole rings is 1. The molecule has 0 amide bonds. The number of nitrogens with zero attached hydrogens (tertiary/aromatic N) is 1. The van der Waals surface area contributed by atoms with E-state index in [1.54, 1.807) is 0 Å². The van der Waals surface area contributed by atoms with Gasteiger partial charge in [-0.05, 0) is 37.6 Å². The van der Waals surface area contributed by atoms with Crippen molar-refractivity contribution in [1.29, 1.82) is 0 Å². The predicted octanol–water partition coefficient (Wildman–Crippen LogP) is 4.00. The topological polar surface area (TPSA) is 38.1 Å². The lowest BCUT2D eigenvalue weighted by atomic mass is 10.2. The number of halogens is 2. The van der Waals surface area contributed by atoms with Gasteiger partial charge in [-0.25, -0.2) is 4.98 Å². The zero-order valence-corrected chi connectivity index (χ0v) is 12.6. The number of benzene rings is 1. The number of aromatic nitrogens is 1. The fourth-order valence-electron chi connectivity index (χ4n) is 1.60. The summed E-state index contributed by atoms with van der Waals surface area (Å²) in [4.78, 5) is 4.31. The average molecular weight is 330 g/mol. The fourth-order valence-corrected chi connectivity index (χ4v) is 2.18. The Morgan fingerprint density at radius 3 is 2.78 bits per heavy atom. The van der Waals surface area contributed by atoms with Crippen LogP contribution in [-0.2, 0) is 13.1 Å². The first-order chi connectivity index (χ1) is 8.56. The van der Waals surface area contributed by atoms with Crippen LogP contribution in [0, 0.1) is 13.8 Å². The molecule has 0 radical (unpaired) electrons. The minimum Gasteiger partial charge on any atom is -0.444 e. The van der Waals surface area contributed by atoms with Crippen molar-refractivity contribution < 1.29 is 4.42 Å². The van der Waals surface area contributed by atoms with Crippen molar-refractivity contribution in [2.24, 2.45) is 0 Å². The van der Waals surface area contributed by atoms with E-state index in [0.717, 1.165) is 26.5 Å². The largest absolute Gasteiger partial charge is 0.444 e. The lowest BCUT2D eigenvalue weighted by Gasteiger charge is -2.05. The predicted molar refractivity (Wildman–Crippen MR) is 75.7 cm³/mol. The van der Waals surface area contributed by atoms with Crippen molar-refractivity contribution in [1.82, 2.24) is 10.3 Å². The highest BCUT2D eigenvalue weighted by molar-refractivity contribution is 9.10. The van der Waals surface area contributed by atoms with Crippen LogP contribution in [0.4, 0.5) is 0 Å². The molecule has 0 saturated heterocycles. The molecule has 0 fully saturated rings. The van der Waals surface area contributed by atoms with E-state index in [9.17, 15) is 0 Å². The lowest BCUT2D eigenvalue weighted by Crippen LogP contribution is -2.13. The van der Waals surface area contributed by atoms with Crippen LogP contribution in [0.15, 0.2) is 27.1 Å². The van der Waals surface area contributed by atoms with Gasteiger partial charge in [-0.2, -0.15) is 0 Å². The van der Waals surface area contributed by atoms with E-state index in [1.807, 2.05) is 32.0 Å². The molecule has 18 heavy (non-hydrogen) atoms. The SMILES string of the molecule is Cc1nc(CNCc2cc(Cl)ccc2Br)oc1C. The highest BCUT2D eigenvalue weighted by Gasteiger charge is 2.06. The van der Waals surface area contributed by atoms with E-state index >= 15 is 0 Å². The van der Waals surface area contributed by atoms with Gasteiger partial charge in [0.2, 0.25) is 5.89 Å². The summed E-state index contributed by atoms with van der Waals surface area (Å²) in [6.45, 7) is 5.17. The Hall–Kier alpha value is -0.840. The maximum atomic E-state index is 5.96. The molecule has 3 nitrogen and oxygen atoms in total. The molecule has 96 valence electrons. The molecule has 1 aromatic carbocycles. The molecular weight excluding hydrogens is 316 g/mol. The molecule has 1 N–H and O–H groups in total. The van der Waals surface area contributed by atoms with Gasteiger partial charge in [0, 0.05) is 16.0 Å². The second-order valence-electron chi connectivity index (χ2n) is 4.09. The maximum Gasteiger partial charge on any atom is 0.208 e. The Kier molecular flexibility index (Phi) is 4.43. The molecule has 0 aliphatic rings. The molecule has 0 unspecified atom stereocenters. The molecule has 2 aromatic rings. The third kappa shape index (κ3) is 3.34. The van der Waals surface area contributed by atoms with Gasteiger partial charge in [-0.3, -0.25) is 0 Å². The van der Waals surface area contributed by atoms with Crippen LogP contribution in [0.2, 0.25) is 5.02 Å². The number of hydrogen-bond acceptors (Lipinski definition) is 3. The van der Waals surface area contributed by atoms with E-state index in [4.69, 9.17) is 16.0 Å². The van der Waals surface area contributed by atoms with Gasteiger partial charge in [-0.1, -0.05) is 27.5 Å². The molecule has 5 heteroatoms. The van der Waals surface area contributed by atoms with Crippen LogP contribution >= 0.6 is 27.5 Å². The Morgan fingerprint density at radius 1 is 1.33 bits per heavy atom. The third-order valence-electron chi connectivity index (χ3n) is 2.67. The lowest BCUT2D eigenvalue weighted by molar-refractivity contribution is 0.448. The van der Waals surface area contributed by atoms with Crippen molar-refractivity contribution >= 4 is 27.5 Å². The molecule has 0 atom stereocenters. The molecule has 1 aromatic heterocycles. The molecule has 2 rings (SSSR count). The van der Waals surface area contributed by atoms with Crippen LogP contribution in [0.25, 0.3) is 0 Å². The summed E-state index contributed by atoms with van der Waals surface area (Å²) < 4.78 is 6.54. The maximum absolute atomic E-state index is 5.96.